The lowest BCUT2D eigenvalue weighted by molar-refractivity contribution is 0.509. The number of benzene rings is 1. The molecule has 0 radical (unpaired) electrons. The second-order valence-corrected chi connectivity index (χ2v) is 4.98. The summed E-state index contributed by atoms with van der Waals surface area (Å²) in [5, 5.41) is 0. The fraction of sp³-hybridized carbons (Fsp3) is 0.133. The molecule has 0 fully saturated rings. The van der Waals surface area contributed by atoms with Crippen LogP contribution < -0.4 is 10.6 Å². The average Bonchev–Trinajstić information content (AvgIpc) is 2.79. The van der Waals surface area contributed by atoms with Crippen LogP contribution in [0.1, 0.15) is 0 Å². The molecule has 4 nitrogen and oxygen atoms in total. The maximum Gasteiger partial charge on any atom is 0.159 e. The smallest absolute Gasteiger partial charge is 0.159 e. The first kappa shape index (κ1) is 13.4. The molecule has 0 aliphatic rings. The number of rotatable bonds is 2. The van der Waals surface area contributed by atoms with E-state index in [0.29, 0.717) is 22.7 Å². The zero-order valence-electron chi connectivity index (χ0n) is 11.6. The van der Waals surface area contributed by atoms with Crippen LogP contribution in [0.4, 0.5) is 20.3 Å². The summed E-state index contributed by atoms with van der Waals surface area (Å²) in [4.78, 5) is 6.32. The van der Waals surface area contributed by atoms with Crippen LogP contribution in [-0.4, -0.2) is 23.5 Å². The van der Waals surface area contributed by atoms with Gasteiger partial charge in [-0.2, -0.15) is 0 Å². The fourth-order valence-corrected chi connectivity index (χ4v) is 2.17. The van der Waals surface area contributed by atoms with Crippen molar-refractivity contribution in [2.24, 2.45) is 0 Å². The zero-order chi connectivity index (χ0) is 15.1. The molecule has 2 aromatic heterocycles. The highest BCUT2D eigenvalue weighted by molar-refractivity contribution is 5.75. The topological polar surface area (TPSA) is 46.6 Å². The molecule has 1 aromatic carbocycles. The molecule has 0 saturated heterocycles. The summed E-state index contributed by atoms with van der Waals surface area (Å²) >= 11 is 0. The Morgan fingerprint density at radius 2 is 1.86 bits per heavy atom. The molecule has 2 heterocycles. The Bertz CT molecular complexity index is 824. The summed E-state index contributed by atoms with van der Waals surface area (Å²) in [5.41, 5.74) is 8.59. The van der Waals surface area contributed by atoms with Crippen LogP contribution in [0.3, 0.4) is 0 Å². The molecule has 3 aromatic rings. The van der Waals surface area contributed by atoms with Gasteiger partial charge in [0.1, 0.15) is 17.2 Å². The van der Waals surface area contributed by atoms with E-state index in [4.69, 9.17) is 5.73 Å². The van der Waals surface area contributed by atoms with Gasteiger partial charge >= 0.3 is 0 Å². The normalized spacial score (nSPS) is 11.0. The largest absolute Gasteiger partial charge is 0.383 e. The number of fused-ring (bicyclic) bond motifs is 1. The Labute approximate surface area is 120 Å². The first-order valence-electron chi connectivity index (χ1n) is 6.37. The number of nitrogens with two attached hydrogens (primary N) is 1. The van der Waals surface area contributed by atoms with Gasteiger partial charge in [-0.05, 0) is 30.3 Å². The van der Waals surface area contributed by atoms with Crippen molar-refractivity contribution in [3.8, 4) is 11.3 Å². The second kappa shape index (κ2) is 4.73. The highest BCUT2D eigenvalue weighted by atomic mass is 19.2. The number of anilines is 2. The molecule has 6 heteroatoms. The molecule has 0 spiro atoms. The maximum absolute atomic E-state index is 13.4. The molecule has 0 unspecified atom stereocenters. The zero-order valence-corrected chi connectivity index (χ0v) is 11.6. The van der Waals surface area contributed by atoms with Gasteiger partial charge < -0.3 is 10.6 Å². The first-order valence-corrected chi connectivity index (χ1v) is 6.37. The van der Waals surface area contributed by atoms with E-state index in [-0.39, 0.29) is 0 Å². The number of aromatic nitrogens is 2. The molecular weight excluding hydrogens is 274 g/mol. The summed E-state index contributed by atoms with van der Waals surface area (Å²) in [6.45, 7) is 0. The van der Waals surface area contributed by atoms with E-state index in [2.05, 4.69) is 4.98 Å². The number of hydrogen-bond donors (Lipinski definition) is 1. The third kappa shape index (κ3) is 2.18. The molecule has 3 rings (SSSR count). The Balaban J connectivity index is 2.19. The third-order valence-electron chi connectivity index (χ3n) is 3.35. The fourth-order valence-electron chi connectivity index (χ4n) is 2.17. The van der Waals surface area contributed by atoms with Crippen molar-refractivity contribution in [1.82, 2.24) is 9.38 Å². The number of halogens is 2. The highest BCUT2D eigenvalue weighted by Crippen LogP contribution is 2.28. The van der Waals surface area contributed by atoms with E-state index in [1.165, 1.54) is 6.07 Å². The van der Waals surface area contributed by atoms with Crippen molar-refractivity contribution >= 4 is 17.2 Å². The summed E-state index contributed by atoms with van der Waals surface area (Å²) in [7, 11) is 3.84. The van der Waals surface area contributed by atoms with E-state index in [1.54, 1.807) is 4.40 Å². The van der Waals surface area contributed by atoms with Crippen molar-refractivity contribution in [1.29, 1.82) is 0 Å². The second-order valence-electron chi connectivity index (χ2n) is 4.98. The van der Waals surface area contributed by atoms with Crippen molar-refractivity contribution < 1.29 is 8.78 Å². The summed E-state index contributed by atoms with van der Waals surface area (Å²) in [6, 6.07) is 7.37. The molecule has 108 valence electrons. The Morgan fingerprint density at radius 3 is 2.52 bits per heavy atom. The molecule has 21 heavy (non-hydrogen) atoms. The number of pyridine rings is 1. The predicted octanol–water partition coefficient (Wildman–Crippen LogP) is 2.93. The minimum Gasteiger partial charge on any atom is -0.383 e. The van der Waals surface area contributed by atoms with Crippen LogP contribution in [0.2, 0.25) is 0 Å². The van der Waals surface area contributed by atoms with Crippen molar-refractivity contribution in [2.75, 3.05) is 24.7 Å². The summed E-state index contributed by atoms with van der Waals surface area (Å²) < 4.78 is 28.1. The molecular formula is C15H14F2N4. The number of nitrogen functional groups attached to an aromatic ring is 1. The molecule has 0 amide bonds. The van der Waals surface area contributed by atoms with Gasteiger partial charge in [-0.1, -0.05) is 0 Å². The van der Waals surface area contributed by atoms with Gasteiger partial charge in [0.2, 0.25) is 0 Å². The van der Waals surface area contributed by atoms with Gasteiger partial charge in [0.25, 0.3) is 0 Å². The minimum absolute atomic E-state index is 0.389. The SMILES string of the molecule is CN(C)c1ccc2nc(-c3ccc(F)c(F)c3)c(N)n2c1. The summed E-state index contributed by atoms with van der Waals surface area (Å²) in [6.07, 6.45) is 1.85. The maximum atomic E-state index is 13.4. The number of hydrogen-bond acceptors (Lipinski definition) is 3. The lowest BCUT2D eigenvalue weighted by Crippen LogP contribution is -2.09. The van der Waals surface area contributed by atoms with Gasteiger partial charge in [-0.25, -0.2) is 13.8 Å². The average molecular weight is 288 g/mol. The minimum atomic E-state index is -0.919. The van der Waals surface area contributed by atoms with Crippen LogP contribution >= 0.6 is 0 Å². The van der Waals surface area contributed by atoms with E-state index in [0.717, 1.165) is 17.8 Å². The van der Waals surface area contributed by atoms with Crippen molar-refractivity contribution in [3.05, 3.63) is 48.2 Å². The Morgan fingerprint density at radius 1 is 1.10 bits per heavy atom. The molecule has 0 atom stereocenters. The van der Waals surface area contributed by atoms with E-state index < -0.39 is 11.6 Å². The quantitative estimate of drug-likeness (QED) is 0.788. The first-order chi connectivity index (χ1) is 9.97. The lowest BCUT2D eigenvalue weighted by Gasteiger charge is -2.12. The molecule has 0 bridgehead atoms. The van der Waals surface area contributed by atoms with E-state index >= 15 is 0 Å². The summed E-state index contributed by atoms with van der Waals surface area (Å²) in [5.74, 6) is -1.42. The van der Waals surface area contributed by atoms with Gasteiger partial charge in [0.05, 0.1) is 5.69 Å². The molecule has 0 aliphatic carbocycles. The van der Waals surface area contributed by atoms with Crippen LogP contribution in [0.25, 0.3) is 16.9 Å². The molecule has 0 saturated carbocycles. The Kier molecular flexibility index (Phi) is 3.01. The van der Waals surface area contributed by atoms with Crippen LogP contribution in [0, 0.1) is 11.6 Å². The van der Waals surface area contributed by atoms with Crippen LogP contribution in [-0.2, 0) is 0 Å². The molecule has 0 aliphatic heterocycles. The highest BCUT2D eigenvalue weighted by Gasteiger charge is 2.14. The van der Waals surface area contributed by atoms with Gasteiger partial charge in [-0.3, -0.25) is 4.40 Å². The number of imidazole rings is 1. The van der Waals surface area contributed by atoms with E-state index in [1.807, 2.05) is 37.3 Å². The Hall–Kier alpha value is -2.63. The third-order valence-corrected chi connectivity index (χ3v) is 3.35. The monoisotopic (exact) mass is 288 g/mol. The number of nitrogens with zero attached hydrogens (tertiary/aromatic N) is 3. The molecule has 2 N–H and O–H groups in total. The van der Waals surface area contributed by atoms with Crippen molar-refractivity contribution in [3.63, 3.8) is 0 Å². The van der Waals surface area contributed by atoms with Gasteiger partial charge in [0, 0.05) is 25.9 Å². The van der Waals surface area contributed by atoms with Crippen LogP contribution in [0.15, 0.2) is 36.5 Å². The predicted molar refractivity (Wildman–Crippen MR) is 79.3 cm³/mol. The standard InChI is InChI=1S/C15H14F2N4/c1-20(2)10-4-6-13-19-14(15(18)21(13)8-10)9-3-5-11(16)12(17)7-9/h3-8H,18H2,1-2H3. The van der Waals surface area contributed by atoms with E-state index in [9.17, 15) is 8.78 Å². The van der Waals surface area contributed by atoms with Gasteiger partial charge in [-0.15, -0.1) is 0 Å². The van der Waals surface area contributed by atoms with Crippen molar-refractivity contribution in [2.45, 2.75) is 0 Å². The van der Waals surface area contributed by atoms with Gasteiger partial charge in [0.15, 0.2) is 11.6 Å². The lowest BCUT2D eigenvalue weighted by atomic mass is 10.1. The van der Waals surface area contributed by atoms with Crippen LogP contribution in [0.5, 0.6) is 0 Å².